The average Bonchev–Trinajstić information content (AvgIpc) is 2.51. The van der Waals surface area contributed by atoms with Crippen LogP contribution in [0, 0.1) is 0 Å². The first kappa shape index (κ1) is 17.5. The fourth-order valence-electron chi connectivity index (χ4n) is 2.32. The maximum atomic E-state index is 12.4. The number of hydrogen-bond donors (Lipinski definition) is 1. The van der Waals surface area contributed by atoms with Crippen molar-refractivity contribution in [3.8, 4) is 0 Å². The summed E-state index contributed by atoms with van der Waals surface area (Å²) in [5.74, 6) is -0.0120. The van der Waals surface area contributed by atoms with E-state index in [0.29, 0.717) is 42.9 Å². The van der Waals surface area contributed by atoms with Crippen molar-refractivity contribution < 1.29 is 14.6 Å². The van der Waals surface area contributed by atoms with Crippen molar-refractivity contribution in [1.29, 1.82) is 0 Å². The van der Waals surface area contributed by atoms with Gasteiger partial charge in [-0.25, -0.2) is 0 Å². The van der Waals surface area contributed by atoms with Crippen molar-refractivity contribution in [1.82, 2.24) is 9.80 Å². The number of carbonyl (C=O) groups is 1. The predicted molar refractivity (Wildman–Crippen MR) is 86.2 cm³/mol. The second kappa shape index (κ2) is 8.70. The zero-order valence-corrected chi connectivity index (χ0v) is 13.8. The van der Waals surface area contributed by atoms with Crippen molar-refractivity contribution in [2.24, 2.45) is 0 Å². The van der Waals surface area contributed by atoms with Gasteiger partial charge in [-0.1, -0.05) is 29.3 Å². The number of amides is 1. The van der Waals surface area contributed by atoms with Gasteiger partial charge in [0.25, 0.3) is 0 Å². The third kappa shape index (κ3) is 5.11. The Kier molecular flexibility index (Phi) is 6.92. The molecule has 0 spiro atoms. The van der Waals surface area contributed by atoms with E-state index >= 15 is 0 Å². The number of nitrogens with zero attached hydrogens (tertiary/aromatic N) is 2. The van der Waals surface area contributed by atoms with E-state index < -0.39 is 0 Å². The van der Waals surface area contributed by atoms with Gasteiger partial charge in [0.1, 0.15) is 0 Å². The number of aliphatic hydroxyl groups is 1. The molecule has 1 N–H and O–H groups in total. The van der Waals surface area contributed by atoms with Crippen LogP contribution in [-0.2, 0) is 16.1 Å². The third-order valence-corrected chi connectivity index (χ3v) is 4.28. The lowest BCUT2D eigenvalue weighted by atomic mass is 10.2. The normalized spacial score (nSPS) is 15.8. The van der Waals surface area contributed by atoms with Crippen LogP contribution in [-0.4, -0.2) is 66.8 Å². The lowest BCUT2D eigenvalue weighted by molar-refractivity contribution is -0.134. The molecule has 1 aliphatic heterocycles. The fourth-order valence-corrected chi connectivity index (χ4v) is 2.64. The zero-order chi connectivity index (χ0) is 15.9. The molecule has 1 amide bonds. The van der Waals surface area contributed by atoms with Gasteiger partial charge in [0.15, 0.2) is 0 Å². The lowest BCUT2D eigenvalue weighted by Gasteiger charge is -2.29. The van der Waals surface area contributed by atoms with E-state index in [1.54, 1.807) is 17.0 Å². The SMILES string of the molecule is O=C(CN1CCOCC1)N(CCO)Cc1ccc(Cl)c(Cl)c1. The summed E-state index contributed by atoms with van der Waals surface area (Å²) in [6, 6.07) is 5.29. The standard InChI is InChI=1S/C15H20Cl2N2O3/c16-13-2-1-12(9-14(13)17)10-19(3-6-20)15(21)11-18-4-7-22-8-5-18/h1-2,9,20H,3-8,10-11H2. The number of morpholine rings is 1. The van der Waals surface area contributed by atoms with E-state index in [1.165, 1.54) is 0 Å². The topological polar surface area (TPSA) is 53.0 Å². The molecular weight excluding hydrogens is 327 g/mol. The molecule has 1 aromatic rings. The van der Waals surface area contributed by atoms with Crippen molar-refractivity contribution >= 4 is 29.1 Å². The Hall–Kier alpha value is -0.850. The second-order valence-corrected chi connectivity index (χ2v) is 5.99. The average molecular weight is 347 g/mol. The van der Waals surface area contributed by atoms with Crippen molar-refractivity contribution in [2.45, 2.75) is 6.54 Å². The van der Waals surface area contributed by atoms with E-state index in [2.05, 4.69) is 4.90 Å². The van der Waals surface area contributed by atoms with E-state index in [9.17, 15) is 9.90 Å². The largest absolute Gasteiger partial charge is 0.395 e. The molecule has 1 heterocycles. The van der Waals surface area contributed by atoms with Crippen LogP contribution in [0.25, 0.3) is 0 Å². The van der Waals surface area contributed by atoms with Gasteiger partial charge in [-0.2, -0.15) is 0 Å². The number of carbonyl (C=O) groups excluding carboxylic acids is 1. The Balaban J connectivity index is 1.98. The summed E-state index contributed by atoms with van der Waals surface area (Å²) < 4.78 is 5.28. The number of rotatable bonds is 6. The molecule has 0 bridgehead atoms. The van der Waals surface area contributed by atoms with Crippen LogP contribution >= 0.6 is 23.2 Å². The van der Waals surface area contributed by atoms with Crippen LogP contribution in [0.3, 0.4) is 0 Å². The molecule has 0 radical (unpaired) electrons. The van der Waals surface area contributed by atoms with E-state index in [0.717, 1.165) is 18.7 Å². The Morgan fingerprint density at radius 3 is 2.64 bits per heavy atom. The van der Waals surface area contributed by atoms with Crippen molar-refractivity contribution in [3.05, 3.63) is 33.8 Å². The summed E-state index contributed by atoms with van der Waals surface area (Å²) in [4.78, 5) is 16.1. The monoisotopic (exact) mass is 346 g/mol. The Morgan fingerprint density at radius 2 is 2.00 bits per heavy atom. The van der Waals surface area contributed by atoms with Crippen LogP contribution in [0.5, 0.6) is 0 Å². The first-order chi connectivity index (χ1) is 10.6. The number of hydrogen-bond acceptors (Lipinski definition) is 4. The molecule has 1 aromatic carbocycles. The first-order valence-electron chi connectivity index (χ1n) is 7.23. The lowest BCUT2D eigenvalue weighted by Crippen LogP contribution is -2.45. The minimum Gasteiger partial charge on any atom is -0.395 e. The summed E-state index contributed by atoms with van der Waals surface area (Å²) in [6.45, 7) is 3.78. The number of benzene rings is 1. The molecule has 0 atom stereocenters. The molecular formula is C15H20Cl2N2O3. The first-order valence-corrected chi connectivity index (χ1v) is 7.98. The van der Waals surface area contributed by atoms with Gasteiger partial charge >= 0.3 is 0 Å². The molecule has 0 aromatic heterocycles. The summed E-state index contributed by atoms with van der Waals surface area (Å²) in [5.41, 5.74) is 0.887. The molecule has 5 nitrogen and oxygen atoms in total. The van der Waals surface area contributed by atoms with Gasteiger partial charge in [-0.15, -0.1) is 0 Å². The van der Waals surface area contributed by atoms with Crippen LogP contribution in [0.15, 0.2) is 18.2 Å². The highest BCUT2D eigenvalue weighted by atomic mass is 35.5. The van der Waals surface area contributed by atoms with E-state index in [4.69, 9.17) is 27.9 Å². The van der Waals surface area contributed by atoms with Gasteiger partial charge in [0.05, 0.1) is 36.4 Å². The molecule has 122 valence electrons. The van der Waals surface area contributed by atoms with Gasteiger partial charge in [-0.05, 0) is 17.7 Å². The fraction of sp³-hybridized carbons (Fsp3) is 0.533. The molecule has 1 saturated heterocycles. The molecule has 0 aliphatic carbocycles. The van der Waals surface area contributed by atoms with Crippen LogP contribution in [0.1, 0.15) is 5.56 Å². The summed E-state index contributed by atoms with van der Waals surface area (Å²) >= 11 is 11.9. The number of halogens is 2. The molecule has 22 heavy (non-hydrogen) atoms. The molecule has 7 heteroatoms. The highest BCUT2D eigenvalue weighted by Gasteiger charge is 2.19. The number of aliphatic hydroxyl groups excluding tert-OH is 1. The maximum absolute atomic E-state index is 12.4. The van der Waals surface area contributed by atoms with Gasteiger partial charge in [-0.3, -0.25) is 9.69 Å². The predicted octanol–water partition coefficient (Wildman–Crippen LogP) is 1.65. The zero-order valence-electron chi connectivity index (χ0n) is 12.3. The Bertz CT molecular complexity index is 508. The van der Waals surface area contributed by atoms with Crippen molar-refractivity contribution in [2.75, 3.05) is 46.0 Å². The van der Waals surface area contributed by atoms with Crippen LogP contribution in [0.2, 0.25) is 10.0 Å². The maximum Gasteiger partial charge on any atom is 0.237 e. The van der Waals surface area contributed by atoms with Gasteiger partial charge < -0.3 is 14.7 Å². The number of ether oxygens (including phenoxy) is 1. The molecule has 1 fully saturated rings. The Morgan fingerprint density at radius 1 is 1.27 bits per heavy atom. The van der Waals surface area contributed by atoms with E-state index in [-0.39, 0.29) is 12.5 Å². The molecule has 0 unspecified atom stereocenters. The smallest absolute Gasteiger partial charge is 0.237 e. The molecule has 2 rings (SSSR count). The molecule has 1 aliphatic rings. The molecule has 0 saturated carbocycles. The second-order valence-electron chi connectivity index (χ2n) is 5.18. The van der Waals surface area contributed by atoms with E-state index in [1.807, 2.05) is 6.07 Å². The quantitative estimate of drug-likeness (QED) is 0.850. The third-order valence-electron chi connectivity index (χ3n) is 3.54. The van der Waals surface area contributed by atoms with Gasteiger partial charge in [0, 0.05) is 26.2 Å². The summed E-state index contributed by atoms with van der Waals surface area (Å²) in [7, 11) is 0. The van der Waals surface area contributed by atoms with Crippen LogP contribution in [0.4, 0.5) is 0 Å². The highest BCUT2D eigenvalue weighted by Crippen LogP contribution is 2.23. The van der Waals surface area contributed by atoms with Crippen molar-refractivity contribution in [3.63, 3.8) is 0 Å². The summed E-state index contributed by atoms with van der Waals surface area (Å²) in [5, 5.41) is 10.1. The highest BCUT2D eigenvalue weighted by molar-refractivity contribution is 6.42. The summed E-state index contributed by atoms with van der Waals surface area (Å²) in [6.07, 6.45) is 0. The minimum absolute atomic E-state index is 0.0120. The Labute approximate surface area is 140 Å². The minimum atomic E-state index is -0.0732. The van der Waals surface area contributed by atoms with Gasteiger partial charge in [0.2, 0.25) is 5.91 Å². The van der Waals surface area contributed by atoms with Crippen LogP contribution < -0.4 is 0 Å².